The highest BCUT2D eigenvalue weighted by Gasteiger charge is 2.02. The van der Waals surface area contributed by atoms with Gasteiger partial charge in [0.1, 0.15) is 0 Å². The molecule has 0 fully saturated rings. The fraction of sp³-hybridized carbons (Fsp3) is 0.286. The molecule has 0 saturated heterocycles. The van der Waals surface area contributed by atoms with Crippen LogP contribution in [-0.4, -0.2) is 28.2 Å². The van der Waals surface area contributed by atoms with Crippen molar-refractivity contribution in [3.05, 3.63) is 23.8 Å². The summed E-state index contributed by atoms with van der Waals surface area (Å²) in [5, 5.41) is 0. The summed E-state index contributed by atoms with van der Waals surface area (Å²) in [6.45, 7) is 0.253. The maximum absolute atomic E-state index is 10.5. The van der Waals surface area contributed by atoms with E-state index in [1.165, 1.54) is 6.08 Å². The molecule has 0 radical (unpaired) electrons. The highest BCUT2D eigenvalue weighted by atomic mass is 32.2. The predicted octanol–water partition coefficient (Wildman–Crippen LogP) is -0.508. The van der Waals surface area contributed by atoms with E-state index in [0.717, 1.165) is 5.57 Å². The van der Waals surface area contributed by atoms with Crippen molar-refractivity contribution in [2.24, 2.45) is 4.47 Å². The lowest BCUT2D eigenvalue weighted by Crippen LogP contribution is -2.11. The van der Waals surface area contributed by atoms with Crippen molar-refractivity contribution in [1.29, 1.82) is 0 Å². The van der Waals surface area contributed by atoms with Crippen LogP contribution in [0.3, 0.4) is 0 Å². The molecule has 0 atom stereocenters. The van der Waals surface area contributed by atoms with Gasteiger partial charge >= 0.3 is 10.5 Å². The van der Waals surface area contributed by atoms with Gasteiger partial charge in [-0.25, -0.2) is 0 Å². The number of nitrogens with zero attached hydrogens (tertiary/aromatic N) is 1. The number of nitrogens with one attached hydrogen (secondary N) is 1. The van der Waals surface area contributed by atoms with Crippen LogP contribution >= 0.6 is 0 Å². The normalized spacial score (nSPS) is 14.7. The summed E-state index contributed by atoms with van der Waals surface area (Å²) < 4.78 is 44.2. The SMILES string of the molecule is O=S(=O)=NNCC1=CCC(=S(=O)=O)C=C1. The monoisotopic (exact) mass is 248 g/mol. The van der Waals surface area contributed by atoms with Crippen LogP contribution in [0, 0.1) is 0 Å². The molecule has 15 heavy (non-hydrogen) atoms. The third-order valence-corrected chi connectivity index (χ3v) is 2.69. The van der Waals surface area contributed by atoms with Crippen molar-refractivity contribution in [1.82, 2.24) is 5.43 Å². The van der Waals surface area contributed by atoms with Crippen LogP contribution in [0.5, 0.6) is 0 Å². The molecule has 0 heterocycles. The van der Waals surface area contributed by atoms with Gasteiger partial charge in [-0.3, -0.25) is 0 Å². The summed E-state index contributed by atoms with van der Waals surface area (Å²) in [7, 11) is -4.66. The van der Waals surface area contributed by atoms with Crippen LogP contribution in [0.1, 0.15) is 6.42 Å². The standard InChI is InChI=1S/C7H8N2O4S2/c10-14(11)7-3-1-6(2-4-7)5-8-9-15(12)13/h1-3,8H,4-5H2. The lowest BCUT2D eigenvalue weighted by Gasteiger charge is -2.04. The molecule has 0 aliphatic heterocycles. The smallest absolute Gasteiger partial charge is 0.194 e. The highest BCUT2D eigenvalue weighted by molar-refractivity contribution is 7.73. The fourth-order valence-corrected chi connectivity index (χ4v) is 1.57. The van der Waals surface area contributed by atoms with E-state index in [1.54, 1.807) is 12.2 Å². The zero-order chi connectivity index (χ0) is 11.3. The first-order valence-corrected chi connectivity index (χ1v) is 6.05. The zero-order valence-electron chi connectivity index (χ0n) is 7.54. The lowest BCUT2D eigenvalue weighted by molar-refractivity contribution is 0.615. The molecule has 0 unspecified atom stereocenters. The van der Waals surface area contributed by atoms with Gasteiger partial charge in [0.05, 0.1) is 4.86 Å². The minimum absolute atomic E-state index is 0.253. The summed E-state index contributed by atoms with van der Waals surface area (Å²) in [6.07, 6.45) is 5.10. The Balaban J connectivity index is 2.61. The van der Waals surface area contributed by atoms with Crippen LogP contribution in [0.4, 0.5) is 0 Å². The molecule has 0 amide bonds. The van der Waals surface area contributed by atoms with Gasteiger partial charge in [0, 0.05) is 13.0 Å². The van der Waals surface area contributed by atoms with Gasteiger partial charge < -0.3 is 0 Å². The van der Waals surface area contributed by atoms with Crippen molar-refractivity contribution < 1.29 is 16.8 Å². The Hall–Kier alpha value is -1.25. The first-order valence-electron chi connectivity index (χ1n) is 3.95. The summed E-state index contributed by atoms with van der Waals surface area (Å²) in [4.78, 5) is 0.308. The number of rotatable bonds is 3. The molecule has 0 aromatic heterocycles. The van der Waals surface area contributed by atoms with Crippen molar-refractivity contribution >= 4 is 25.7 Å². The molecule has 1 N–H and O–H groups in total. The topological polar surface area (TPSA) is 92.7 Å². The van der Waals surface area contributed by atoms with Gasteiger partial charge in [-0.05, 0) is 11.6 Å². The van der Waals surface area contributed by atoms with Gasteiger partial charge in [0.2, 0.25) is 10.3 Å². The van der Waals surface area contributed by atoms with Crippen molar-refractivity contribution in [2.75, 3.05) is 6.54 Å². The Morgan fingerprint density at radius 3 is 2.47 bits per heavy atom. The van der Waals surface area contributed by atoms with Crippen LogP contribution in [0.2, 0.25) is 0 Å². The minimum atomic E-state index is -2.48. The Morgan fingerprint density at radius 1 is 1.27 bits per heavy atom. The molecule has 82 valence electrons. The van der Waals surface area contributed by atoms with E-state index in [2.05, 4.69) is 9.90 Å². The number of hydrogen-bond donors (Lipinski definition) is 1. The first kappa shape index (κ1) is 11.8. The van der Waals surface area contributed by atoms with Crippen LogP contribution in [0.25, 0.3) is 0 Å². The molecule has 0 spiro atoms. The molecule has 8 heteroatoms. The summed E-state index contributed by atoms with van der Waals surface area (Å²) >= 11 is 0. The largest absolute Gasteiger partial charge is 0.327 e. The van der Waals surface area contributed by atoms with E-state index < -0.39 is 20.8 Å². The van der Waals surface area contributed by atoms with Crippen LogP contribution in [0.15, 0.2) is 28.3 Å². The second kappa shape index (κ2) is 5.59. The van der Waals surface area contributed by atoms with E-state index in [9.17, 15) is 16.8 Å². The Morgan fingerprint density at radius 2 is 2.00 bits per heavy atom. The third kappa shape index (κ3) is 4.19. The summed E-state index contributed by atoms with van der Waals surface area (Å²) in [6, 6.07) is 0. The molecule has 1 aliphatic carbocycles. The minimum Gasteiger partial charge on any atom is -0.194 e. The molecule has 0 aromatic rings. The molecular weight excluding hydrogens is 240 g/mol. The maximum atomic E-state index is 10.5. The van der Waals surface area contributed by atoms with Crippen molar-refractivity contribution in [3.63, 3.8) is 0 Å². The molecule has 6 nitrogen and oxygen atoms in total. The summed E-state index contributed by atoms with van der Waals surface area (Å²) in [5.74, 6) is 0. The van der Waals surface area contributed by atoms with Gasteiger partial charge in [-0.15, -0.1) is 0 Å². The molecule has 0 bridgehead atoms. The van der Waals surface area contributed by atoms with Crippen molar-refractivity contribution in [2.45, 2.75) is 6.42 Å². The van der Waals surface area contributed by atoms with Gasteiger partial charge in [-0.1, -0.05) is 16.6 Å². The van der Waals surface area contributed by atoms with Gasteiger partial charge in [0.15, 0.2) is 0 Å². The van der Waals surface area contributed by atoms with Crippen molar-refractivity contribution in [3.8, 4) is 0 Å². The number of allylic oxidation sites excluding steroid dienone is 2. The Bertz CT molecular complexity index is 550. The van der Waals surface area contributed by atoms with E-state index >= 15 is 0 Å². The van der Waals surface area contributed by atoms with E-state index in [1.807, 2.05) is 0 Å². The predicted molar refractivity (Wildman–Crippen MR) is 55.1 cm³/mol. The molecule has 1 aliphatic rings. The second-order valence-corrected chi connectivity index (χ2v) is 4.27. The van der Waals surface area contributed by atoms with E-state index in [4.69, 9.17) is 0 Å². The summed E-state index contributed by atoms with van der Waals surface area (Å²) in [5.41, 5.74) is 3.12. The molecule has 0 aromatic carbocycles. The van der Waals surface area contributed by atoms with Gasteiger partial charge in [0.25, 0.3) is 0 Å². The molecule has 1 rings (SSSR count). The highest BCUT2D eigenvalue weighted by Crippen LogP contribution is 2.06. The second-order valence-electron chi connectivity index (χ2n) is 2.66. The quantitative estimate of drug-likeness (QED) is 0.536. The maximum Gasteiger partial charge on any atom is 0.327 e. The van der Waals surface area contributed by atoms with Crippen LogP contribution < -0.4 is 5.43 Å². The first-order chi connectivity index (χ1) is 7.09. The average molecular weight is 248 g/mol. The lowest BCUT2D eigenvalue weighted by atomic mass is 10.1. The van der Waals surface area contributed by atoms with Crippen LogP contribution in [-0.2, 0) is 20.8 Å². The fourth-order valence-electron chi connectivity index (χ4n) is 0.999. The number of hydrogen-bond acceptors (Lipinski definition) is 5. The Labute approximate surface area is 89.5 Å². The van der Waals surface area contributed by atoms with E-state index in [0.29, 0.717) is 11.3 Å². The average Bonchev–Trinajstić information content (AvgIpc) is 2.18. The molecule has 0 saturated carbocycles. The molecular formula is C7H8N2O4S2. The van der Waals surface area contributed by atoms with E-state index in [-0.39, 0.29) is 6.54 Å². The zero-order valence-corrected chi connectivity index (χ0v) is 9.18. The Kier molecular flexibility index (Phi) is 4.40. The third-order valence-electron chi connectivity index (χ3n) is 1.69. The van der Waals surface area contributed by atoms with Gasteiger partial charge in [-0.2, -0.15) is 22.3 Å².